The average Bonchev–Trinajstić information content (AvgIpc) is 3.44. The van der Waals surface area contributed by atoms with Crippen LogP contribution in [0.1, 0.15) is 49.1 Å². The number of aryl methyl sites for hydroxylation is 1. The third-order valence-electron chi connectivity index (χ3n) is 7.31. The molecule has 0 radical (unpaired) electrons. The van der Waals surface area contributed by atoms with Gasteiger partial charge < -0.3 is 9.30 Å². The fourth-order valence-corrected chi connectivity index (χ4v) is 6.65. The minimum atomic E-state index is -0.686. The largest absolute Gasteiger partial charge is 0.459 e. The molecule has 6 nitrogen and oxygen atoms in total. The lowest BCUT2D eigenvalue weighted by Gasteiger charge is -2.25. The molecule has 0 N–H and O–H groups in total. The zero-order chi connectivity index (χ0) is 29.5. The molecule has 3 heterocycles. The lowest BCUT2D eigenvalue weighted by molar-refractivity contribution is -0.143. The van der Waals surface area contributed by atoms with Gasteiger partial charge in [0.05, 0.1) is 27.9 Å². The lowest BCUT2D eigenvalue weighted by atomic mass is 9.96. The van der Waals surface area contributed by atoms with Crippen molar-refractivity contribution in [3.8, 4) is 0 Å². The molecule has 1 aliphatic rings. The number of nitrogens with zero attached hydrogens (tertiary/aromatic N) is 3. The van der Waals surface area contributed by atoms with Crippen LogP contribution in [0, 0.1) is 6.92 Å². The van der Waals surface area contributed by atoms with Crippen molar-refractivity contribution in [3.63, 3.8) is 0 Å². The summed E-state index contributed by atoms with van der Waals surface area (Å²) < 4.78 is 9.96. The van der Waals surface area contributed by atoms with Gasteiger partial charge in [-0.1, -0.05) is 83.1 Å². The number of benzene rings is 3. The van der Waals surface area contributed by atoms with Gasteiger partial charge in [0.25, 0.3) is 5.56 Å². The van der Waals surface area contributed by atoms with Gasteiger partial charge in [0, 0.05) is 34.2 Å². The number of para-hydroxylation sites is 1. The average molecular weight is 596 g/mol. The summed E-state index contributed by atoms with van der Waals surface area (Å²) in [5.41, 5.74) is 5.88. The van der Waals surface area contributed by atoms with Crippen LogP contribution in [-0.4, -0.2) is 21.2 Å². The molecule has 0 aliphatic carbocycles. The summed E-state index contributed by atoms with van der Waals surface area (Å²) in [5, 5.41) is 1.63. The first-order valence-electron chi connectivity index (χ1n) is 13.8. The number of rotatable bonds is 6. The van der Waals surface area contributed by atoms with Gasteiger partial charge in [-0.05, 0) is 63.1 Å². The molecule has 2 aromatic heterocycles. The molecule has 1 aliphatic heterocycles. The Morgan fingerprint density at radius 2 is 1.83 bits per heavy atom. The first kappa shape index (κ1) is 27.9. The number of esters is 1. The number of hydrogen-bond acceptors (Lipinski definition) is 5. The Bertz CT molecular complexity index is 2050. The van der Waals surface area contributed by atoms with E-state index in [-0.39, 0.29) is 11.7 Å². The second-order valence-corrected chi connectivity index (χ2v) is 12.3. The maximum absolute atomic E-state index is 14.1. The van der Waals surface area contributed by atoms with Crippen LogP contribution in [0.25, 0.3) is 17.0 Å². The van der Waals surface area contributed by atoms with Crippen molar-refractivity contribution in [2.24, 2.45) is 4.99 Å². The maximum atomic E-state index is 14.1. The van der Waals surface area contributed by atoms with Crippen molar-refractivity contribution in [2.75, 3.05) is 0 Å². The highest BCUT2D eigenvalue weighted by Gasteiger charge is 2.33. The number of hydrogen-bond donors (Lipinski definition) is 0. The maximum Gasteiger partial charge on any atom is 0.338 e. The van der Waals surface area contributed by atoms with Gasteiger partial charge in [0.1, 0.15) is 0 Å². The van der Waals surface area contributed by atoms with E-state index in [2.05, 4.69) is 54.1 Å². The summed E-state index contributed by atoms with van der Waals surface area (Å²) in [6.07, 6.45) is 3.72. The number of ether oxygens (including phenoxy) is 1. The van der Waals surface area contributed by atoms with E-state index in [1.165, 1.54) is 22.5 Å². The molecule has 0 saturated carbocycles. The minimum Gasteiger partial charge on any atom is -0.459 e. The van der Waals surface area contributed by atoms with E-state index in [1.54, 1.807) is 37.5 Å². The van der Waals surface area contributed by atoms with Crippen molar-refractivity contribution in [2.45, 2.75) is 46.4 Å². The van der Waals surface area contributed by atoms with Gasteiger partial charge in [0.2, 0.25) is 0 Å². The third-order valence-corrected chi connectivity index (χ3v) is 8.55. The Morgan fingerprint density at radius 1 is 1.07 bits per heavy atom. The summed E-state index contributed by atoms with van der Waals surface area (Å²) in [5.74, 6) is -0.486. The summed E-state index contributed by atoms with van der Waals surface area (Å²) in [6.45, 7) is 8.20. The second kappa shape index (κ2) is 11.2. The molecule has 8 heteroatoms. The fourth-order valence-electron chi connectivity index (χ4n) is 5.49. The van der Waals surface area contributed by atoms with E-state index < -0.39 is 12.0 Å². The van der Waals surface area contributed by atoms with Crippen LogP contribution in [0.4, 0.5) is 0 Å². The van der Waals surface area contributed by atoms with Crippen molar-refractivity contribution in [1.29, 1.82) is 0 Å². The molecule has 1 atom stereocenters. The van der Waals surface area contributed by atoms with E-state index >= 15 is 0 Å². The zero-order valence-electron chi connectivity index (χ0n) is 23.8. The van der Waals surface area contributed by atoms with Crippen LogP contribution in [-0.2, 0) is 16.1 Å². The van der Waals surface area contributed by atoms with E-state index in [0.29, 0.717) is 32.2 Å². The van der Waals surface area contributed by atoms with Gasteiger partial charge in [-0.3, -0.25) is 9.36 Å². The monoisotopic (exact) mass is 595 g/mol. The number of carbonyl (C=O) groups excluding carboxylic acids is 1. The highest BCUT2D eigenvalue weighted by atomic mass is 35.5. The number of allylic oxidation sites excluding steroid dienone is 1. The van der Waals surface area contributed by atoms with Gasteiger partial charge in [0.15, 0.2) is 4.80 Å². The Kier molecular flexibility index (Phi) is 7.47. The standard InChI is InChI=1S/C34H30ClN3O3S/c1-20(2)41-33(40)30-22(4)36-34-38(31(30)24-12-14-26(35)15-13-24)32(39)29(42-34)17-25-19-37(28-11-6-5-10-27(25)28)18-23-9-7-8-21(3)16-23/h5-17,19-20,31H,18H2,1-4H3. The number of halogens is 1. The van der Waals surface area contributed by atoms with E-state index in [4.69, 9.17) is 21.3 Å². The number of carbonyl (C=O) groups is 1. The van der Waals surface area contributed by atoms with Crippen LogP contribution in [0.15, 0.2) is 100 Å². The topological polar surface area (TPSA) is 65.6 Å². The Balaban J connectivity index is 1.51. The molecule has 0 saturated heterocycles. The lowest BCUT2D eigenvalue weighted by Crippen LogP contribution is -2.40. The predicted molar refractivity (Wildman–Crippen MR) is 169 cm³/mol. The van der Waals surface area contributed by atoms with Crippen molar-refractivity contribution < 1.29 is 9.53 Å². The first-order chi connectivity index (χ1) is 20.2. The van der Waals surface area contributed by atoms with Gasteiger partial charge in [-0.15, -0.1) is 0 Å². The van der Waals surface area contributed by atoms with Crippen molar-refractivity contribution >= 4 is 45.9 Å². The number of thiazole rings is 1. The molecule has 0 amide bonds. The zero-order valence-corrected chi connectivity index (χ0v) is 25.4. The number of fused-ring (bicyclic) bond motifs is 2. The molecule has 5 aromatic rings. The molecule has 42 heavy (non-hydrogen) atoms. The first-order valence-corrected chi connectivity index (χ1v) is 15.0. The summed E-state index contributed by atoms with van der Waals surface area (Å²) in [4.78, 5) is 32.7. The quantitative estimate of drug-likeness (QED) is 0.221. The van der Waals surface area contributed by atoms with E-state index in [0.717, 1.165) is 22.0 Å². The van der Waals surface area contributed by atoms with E-state index in [1.807, 2.05) is 30.3 Å². The molecular formula is C34H30ClN3O3S. The molecule has 212 valence electrons. The van der Waals surface area contributed by atoms with Crippen LogP contribution < -0.4 is 14.9 Å². The molecule has 6 rings (SSSR count). The molecule has 1 unspecified atom stereocenters. The number of aromatic nitrogens is 2. The second-order valence-electron chi connectivity index (χ2n) is 10.8. The summed E-state index contributed by atoms with van der Waals surface area (Å²) >= 11 is 7.51. The summed E-state index contributed by atoms with van der Waals surface area (Å²) in [7, 11) is 0. The highest BCUT2D eigenvalue weighted by Crippen LogP contribution is 2.32. The van der Waals surface area contributed by atoms with Gasteiger partial charge >= 0.3 is 5.97 Å². The van der Waals surface area contributed by atoms with Crippen LogP contribution >= 0.6 is 22.9 Å². The van der Waals surface area contributed by atoms with Gasteiger partial charge in [-0.2, -0.15) is 0 Å². The normalized spacial score (nSPS) is 15.3. The summed E-state index contributed by atoms with van der Waals surface area (Å²) in [6, 6.07) is 23.2. The fraction of sp³-hybridized carbons (Fsp3) is 0.206. The van der Waals surface area contributed by atoms with Crippen LogP contribution in [0.3, 0.4) is 0 Å². The van der Waals surface area contributed by atoms with E-state index in [9.17, 15) is 9.59 Å². The van der Waals surface area contributed by atoms with Gasteiger partial charge in [-0.25, -0.2) is 9.79 Å². The Hall–Kier alpha value is -4.20. The molecular weight excluding hydrogens is 566 g/mol. The van der Waals surface area contributed by atoms with Crippen molar-refractivity contribution in [3.05, 3.63) is 137 Å². The predicted octanol–water partition coefficient (Wildman–Crippen LogP) is 6.15. The third kappa shape index (κ3) is 5.26. The minimum absolute atomic E-state index is 0.212. The molecule has 0 fully saturated rings. The molecule has 3 aromatic carbocycles. The molecule has 0 bridgehead atoms. The van der Waals surface area contributed by atoms with Crippen LogP contribution in [0.5, 0.6) is 0 Å². The molecule has 0 spiro atoms. The van der Waals surface area contributed by atoms with Crippen molar-refractivity contribution in [1.82, 2.24) is 9.13 Å². The highest BCUT2D eigenvalue weighted by molar-refractivity contribution is 7.07. The van der Waals surface area contributed by atoms with Crippen LogP contribution in [0.2, 0.25) is 5.02 Å². The Morgan fingerprint density at radius 3 is 2.57 bits per heavy atom. The smallest absolute Gasteiger partial charge is 0.338 e. The SMILES string of the molecule is CC1=C(C(=O)OC(C)C)C(c2ccc(Cl)cc2)n2c(sc(=Cc3cn(Cc4cccc(C)c4)c4ccccc34)c2=O)=N1. The Labute approximate surface area is 252 Å².